The summed E-state index contributed by atoms with van der Waals surface area (Å²) >= 11 is 5.18. The van der Waals surface area contributed by atoms with Gasteiger partial charge < -0.3 is 15.0 Å². The Hall–Kier alpha value is -2.65. The molecule has 2 N–H and O–H groups in total. The van der Waals surface area contributed by atoms with Crippen molar-refractivity contribution in [1.29, 1.82) is 0 Å². The summed E-state index contributed by atoms with van der Waals surface area (Å²) in [4.78, 5) is 14.3. The van der Waals surface area contributed by atoms with Crippen molar-refractivity contribution in [3.8, 4) is 0 Å². The average Bonchev–Trinajstić information content (AvgIpc) is 2.68. The molecule has 0 radical (unpaired) electrons. The zero-order valence-corrected chi connectivity index (χ0v) is 16.5. The molecule has 0 spiro atoms. The van der Waals surface area contributed by atoms with Crippen molar-refractivity contribution in [2.75, 3.05) is 36.5 Å². The van der Waals surface area contributed by atoms with Crippen molar-refractivity contribution in [3.05, 3.63) is 59.2 Å². The molecule has 154 valence electrons. The Morgan fingerprint density at radius 2 is 1.86 bits per heavy atom. The fourth-order valence-corrected chi connectivity index (χ4v) is 3.21. The van der Waals surface area contributed by atoms with E-state index in [1.807, 2.05) is 17.9 Å². The van der Waals surface area contributed by atoms with Crippen LogP contribution in [0.5, 0.6) is 0 Å². The molecule has 2 aromatic carbocycles. The molecule has 0 bridgehead atoms. The number of hydrogen-bond acceptors (Lipinski definition) is 4. The monoisotopic (exact) mass is 423 g/mol. The number of alkyl halides is 3. The van der Waals surface area contributed by atoms with Crippen LogP contribution in [0.3, 0.4) is 0 Å². The minimum Gasteiger partial charge on any atom is -0.378 e. The number of nitrogens with one attached hydrogen (secondary N) is 2. The molecule has 1 aliphatic heterocycles. The van der Waals surface area contributed by atoms with Crippen LogP contribution in [0.4, 0.5) is 24.5 Å². The number of benzene rings is 2. The summed E-state index contributed by atoms with van der Waals surface area (Å²) in [6.07, 6.45) is -4.49. The van der Waals surface area contributed by atoms with E-state index in [0.717, 1.165) is 17.7 Å². The van der Waals surface area contributed by atoms with Crippen molar-refractivity contribution >= 4 is 34.6 Å². The van der Waals surface area contributed by atoms with Crippen LogP contribution in [0.2, 0.25) is 0 Å². The molecule has 1 amide bonds. The molecule has 1 aliphatic rings. The van der Waals surface area contributed by atoms with Crippen molar-refractivity contribution in [3.63, 3.8) is 0 Å². The Balaban J connectivity index is 1.81. The quantitative estimate of drug-likeness (QED) is 0.732. The summed E-state index contributed by atoms with van der Waals surface area (Å²) in [5, 5.41) is 5.19. The van der Waals surface area contributed by atoms with Crippen LogP contribution < -0.4 is 15.5 Å². The number of hydrogen-bond donors (Lipinski definition) is 2. The van der Waals surface area contributed by atoms with E-state index in [2.05, 4.69) is 10.6 Å². The number of amides is 1. The summed E-state index contributed by atoms with van der Waals surface area (Å²) < 4.78 is 44.9. The van der Waals surface area contributed by atoms with Gasteiger partial charge >= 0.3 is 6.18 Å². The highest BCUT2D eigenvalue weighted by Gasteiger charge is 2.31. The number of carbonyl (C=O) groups is 1. The van der Waals surface area contributed by atoms with Crippen LogP contribution >= 0.6 is 12.2 Å². The number of thiocarbonyl (C=S) groups is 1. The molecule has 0 saturated carbocycles. The second-order valence-electron chi connectivity index (χ2n) is 6.61. The van der Waals surface area contributed by atoms with Gasteiger partial charge in [0.2, 0.25) is 0 Å². The fourth-order valence-electron chi connectivity index (χ4n) is 3.01. The Kier molecular flexibility index (Phi) is 6.39. The number of ether oxygens (including phenoxy) is 1. The topological polar surface area (TPSA) is 53.6 Å². The molecule has 29 heavy (non-hydrogen) atoms. The van der Waals surface area contributed by atoms with Gasteiger partial charge in [0, 0.05) is 18.7 Å². The highest BCUT2D eigenvalue weighted by atomic mass is 32.1. The Labute approximate surface area is 171 Å². The van der Waals surface area contributed by atoms with E-state index >= 15 is 0 Å². The van der Waals surface area contributed by atoms with Gasteiger partial charge in [0.1, 0.15) is 0 Å². The second kappa shape index (κ2) is 8.79. The molecule has 0 aromatic heterocycles. The number of aryl methyl sites for hydroxylation is 1. The van der Waals surface area contributed by atoms with Crippen molar-refractivity contribution < 1.29 is 22.7 Å². The van der Waals surface area contributed by atoms with Gasteiger partial charge in [-0.3, -0.25) is 10.1 Å². The third kappa shape index (κ3) is 5.45. The van der Waals surface area contributed by atoms with Crippen LogP contribution in [0.25, 0.3) is 0 Å². The van der Waals surface area contributed by atoms with Crippen LogP contribution in [-0.4, -0.2) is 37.3 Å². The zero-order valence-electron chi connectivity index (χ0n) is 15.7. The number of anilines is 2. The first-order chi connectivity index (χ1) is 13.7. The van der Waals surface area contributed by atoms with Gasteiger partial charge in [-0.2, -0.15) is 13.2 Å². The third-order valence-corrected chi connectivity index (χ3v) is 4.64. The van der Waals surface area contributed by atoms with E-state index in [1.165, 1.54) is 6.07 Å². The lowest BCUT2D eigenvalue weighted by molar-refractivity contribution is -0.137. The molecule has 1 saturated heterocycles. The zero-order chi connectivity index (χ0) is 21.0. The van der Waals surface area contributed by atoms with E-state index in [-0.39, 0.29) is 10.8 Å². The maximum atomic E-state index is 13.2. The Morgan fingerprint density at radius 3 is 2.52 bits per heavy atom. The number of nitrogens with zero attached hydrogens (tertiary/aromatic N) is 1. The molecule has 0 atom stereocenters. The summed E-state index contributed by atoms with van der Waals surface area (Å²) in [6.45, 7) is 3.90. The smallest absolute Gasteiger partial charge is 0.378 e. The van der Waals surface area contributed by atoms with Crippen LogP contribution in [-0.2, 0) is 10.9 Å². The normalized spacial score (nSPS) is 14.4. The second-order valence-corrected chi connectivity index (χ2v) is 7.02. The van der Waals surface area contributed by atoms with Gasteiger partial charge in [0.05, 0.1) is 30.2 Å². The molecule has 9 heteroatoms. The predicted octanol–water partition coefficient (Wildman–Crippen LogP) is 3.98. The standard InChI is InChI=1S/C20H20F3N3O2S/c1-13-3-2-4-14(11-13)18(27)25-19(29)24-16-12-15(20(21,22)23)5-6-17(16)26-7-9-28-10-8-26/h2-6,11-12H,7-10H2,1H3,(H2,24,25,27,29). The average molecular weight is 423 g/mol. The first kappa shape index (κ1) is 21.1. The molecule has 5 nitrogen and oxygen atoms in total. The van der Waals surface area contributed by atoms with Crippen LogP contribution in [0.15, 0.2) is 42.5 Å². The Morgan fingerprint density at radius 1 is 1.14 bits per heavy atom. The van der Waals surface area contributed by atoms with Crippen LogP contribution in [0.1, 0.15) is 21.5 Å². The van der Waals surface area contributed by atoms with Crippen molar-refractivity contribution in [1.82, 2.24) is 5.32 Å². The summed E-state index contributed by atoms with van der Waals surface area (Å²) in [5.74, 6) is -0.439. The van der Waals surface area contributed by atoms with Gasteiger partial charge in [-0.1, -0.05) is 17.7 Å². The van der Waals surface area contributed by atoms with Crippen LogP contribution in [0, 0.1) is 6.92 Å². The van der Waals surface area contributed by atoms with Gasteiger partial charge in [-0.25, -0.2) is 0 Å². The lowest BCUT2D eigenvalue weighted by Crippen LogP contribution is -2.38. The van der Waals surface area contributed by atoms with E-state index < -0.39 is 17.6 Å². The molecule has 0 unspecified atom stereocenters. The first-order valence-electron chi connectivity index (χ1n) is 8.97. The van der Waals surface area contributed by atoms with E-state index in [0.29, 0.717) is 37.6 Å². The minimum atomic E-state index is -4.49. The van der Waals surface area contributed by atoms with Gasteiger partial charge in [-0.05, 0) is 49.5 Å². The SMILES string of the molecule is Cc1cccc(C(=O)NC(=S)Nc2cc(C(F)(F)F)ccc2N2CCOCC2)c1. The maximum absolute atomic E-state index is 13.2. The van der Waals surface area contributed by atoms with Gasteiger partial charge in [-0.15, -0.1) is 0 Å². The molecule has 2 aromatic rings. The number of rotatable bonds is 3. The predicted molar refractivity (Wildman–Crippen MR) is 109 cm³/mol. The first-order valence-corrected chi connectivity index (χ1v) is 9.38. The third-order valence-electron chi connectivity index (χ3n) is 4.43. The van der Waals surface area contributed by atoms with Gasteiger partial charge in [0.15, 0.2) is 5.11 Å². The lowest BCUT2D eigenvalue weighted by atomic mass is 10.1. The summed E-state index contributed by atoms with van der Waals surface area (Å²) in [5.41, 5.74) is 1.25. The van der Waals surface area contributed by atoms with E-state index in [1.54, 1.807) is 18.2 Å². The highest BCUT2D eigenvalue weighted by molar-refractivity contribution is 7.80. The minimum absolute atomic E-state index is 0.0784. The molecule has 1 heterocycles. The lowest BCUT2D eigenvalue weighted by Gasteiger charge is -2.31. The number of halogens is 3. The van der Waals surface area contributed by atoms with Crippen molar-refractivity contribution in [2.45, 2.75) is 13.1 Å². The molecule has 3 rings (SSSR count). The summed E-state index contributed by atoms with van der Waals surface area (Å²) in [6, 6.07) is 10.4. The molecule has 1 fully saturated rings. The highest BCUT2D eigenvalue weighted by Crippen LogP contribution is 2.35. The van der Waals surface area contributed by atoms with E-state index in [4.69, 9.17) is 17.0 Å². The largest absolute Gasteiger partial charge is 0.416 e. The van der Waals surface area contributed by atoms with Crippen molar-refractivity contribution in [2.24, 2.45) is 0 Å². The Bertz CT molecular complexity index is 912. The molecule has 0 aliphatic carbocycles. The number of morpholine rings is 1. The summed E-state index contributed by atoms with van der Waals surface area (Å²) in [7, 11) is 0. The fraction of sp³-hybridized carbons (Fsp3) is 0.300. The van der Waals surface area contributed by atoms with E-state index in [9.17, 15) is 18.0 Å². The molecular formula is C20H20F3N3O2S. The van der Waals surface area contributed by atoms with Gasteiger partial charge in [0.25, 0.3) is 5.91 Å². The maximum Gasteiger partial charge on any atom is 0.416 e. The molecular weight excluding hydrogens is 403 g/mol. The number of carbonyl (C=O) groups excluding carboxylic acids is 1.